The maximum Gasteiger partial charge on any atom is 0.260 e. The Labute approximate surface area is 108 Å². The minimum Gasteiger partial charge on any atom is -0.452 e. The molecule has 6 heteroatoms. The van der Waals surface area contributed by atoms with Crippen LogP contribution >= 0.6 is 23.2 Å². The first-order chi connectivity index (χ1) is 8.08. The molecule has 0 atom stereocenters. The molecule has 0 aliphatic rings. The SMILES string of the molecule is Cc1cnc(Cl)c(NC(=O)c2ccoc2Cl)c1. The Morgan fingerprint density at radius 1 is 1.47 bits per heavy atom. The van der Waals surface area contributed by atoms with Crippen LogP contribution in [-0.2, 0) is 0 Å². The summed E-state index contributed by atoms with van der Waals surface area (Å²) in [7, 11) is 0. The van der Waals surface area contributed by atoms with Gasteiger partial charge in [0.15, 0.2) is 5.15 Å². The number of hydrogen-bond donors (Lipinski definition) is 1. The summed E-state index contributed by atoms with van der Waals surface area (Å²) in [5.74, 6) is -0.391. The molecule has 4 nitrogen and oxygen atoms in total. The van der Waals surface area contributed by atoms with E-state index >= 15 is 0 Å². The molecule has 2 heterocycles. The Morgan fingerprint density at radius 2 is 2.24 bits per heavy atom. The van der Waals surface area contributed by atoms with Gasteiger partial charge in [-0.05, 0) is 36.2 Å². The predicted molar refractivity (Wildman–Crippen MR) is 65.7 cm³/mol. The Hall–Kier alpha value is -1.52. The van der Waals surface area contributed by atoms with Crippen LogP contribution in [-0.4, -0.2) is 10.9 Å². The summed E-state index contributed by atoms with van der Waals surface area (Å²) in [6.45, 7) is 1.85. The molecular weight excluding hydrogens is 263 g/mol. The highest BCUT2D eigenvalue weighted by Crippen LogP contribution is 2.23. The highest BCUT2D eigenvalue weighted by molar-refractivity contribution is 6.34. The van der Waals surface area contributed by atoms with E-state index in [0.29, 0.717) is 5.69 Å². The number of furan rings is 1. The van der Waals surface area contributed by atoms with E-state index in [9.17, 15) is 4.79 Å². The smallest absolute Gasteiger partial charge is 0.260 e. The molecule has 2 aromatic rings. The number of aromatic nitrogens is 1. The van der Waals surface area contributed by atoms with Gasteiger partial charge in [-0.15, -0.1) is 0 Å². The van der Waals surface area contributed by atoms with Crippen molar-refractivity contribution in [1.82, 2.24) is 4.98 Å². The largest absolute Gasteiger partial charge is 0.452 e. The number of carbonyl (C=O) groups excluding carboxylic acids is 1. The summed E-state index contributed by atoms with van der Waals surface area (Å²) >= 11 is 11.6. The molecule has 0 saturated carbocycles. The molecule has 0 fully saturated rings. The van der Waals surface area contributed by atoms with E-state index in [0.717, 1.165) is 5.56 Å². The van der Waals surface area contributed by atoms with Gasteiger partial charge in [-0.2, -0.15) is 0 Å². The number of amides is 1. The number of rotatable bonds is 2. The summed E-state index contributed by atoms with van der Waals surface area (Å²) < 4.78 is 4.83. The lowest BCUT2D eigenvalue weighted by atomic mass is 10.2. The van der Waals surface area contributed by atoms with Crippen LogP contribution in [0, 0.1) is 6.92 Å². The Morgan fingerprint density at radius 3 is 2.88 bits per heavy atom. The van der Waals surface area contributed by atoms with Crippen LogP contribution < -0.4 is 5.32 Å². The van der Waals surface area contributed by atoms with E-state index in [4.69, 9.17) is 27.6 Å². The molecule has 0 aliphatic carbocycles. The first kappa shape index (κ1) is 12.0. The summed E-state index contributed by atoms with van der Waals surface area (Å²) in [5, 5.41) is 2.88. The van der Waals surface area contributed by atoms with E-state index in [1.165, 1.54) is 12.3 Å². The highest BCUT2D eigenvalue weighted by atomic mass is 35.5. The van der Waals surface area contributed by atoms with E-state index < -0.39 is 5.91 Å². The van der Waals surface area contributed by atoms with Crippen molar-refractivity contribution < 1.29 is 9.21 Å². The van der Waals surface area contributed by atoms with Crippen molar-refractivity contribution >= 4 is 34.8 Å². The van der Waals surface area contributed by atoms with Gasteiger partial charge < -0.3 is 9.73 Å². The second kappa shape index (κ2) is 4.77. The molecular formula is C11H8Cl2N2O2. The number of anilines is 1. The van der Waals surface area contributed by atoms with E-state index in [2.05, 4.69) is 10.3 Å². The number of nitrogens with zero attached hydrogens (tertiary/aromatic N) is 1. The van der Waals surface area contributed by atoms with Crippen molar-refractivity contribution in [2.45, 2.75) is 6.92 Å². The van der Waals surface area contributed by atoms with Crippen LogP contribution in [0.25, 0.3) is 0 Å². The Kier molecular flexibility index (Phi) is 3.36. The summed E-state index contributed by atoms with van der Waals surface area (Å²) in [5.41, 5.74) is 1.58. The lowest BCUT2D eigenvalue weighted by Gasteiger charge is -2.06. The molecule has 1 amide bonds. The Bertz CT molecular complexity index is 566. The van der Waals surface area contributed by atoms with Crippen LogP contribution in [0.5, 0.6) is 0 Å². The number of pyridine rings is 1. The average Bonchev–Trinajstić information content (AvgIpc) is 2.70. The molecule has 0 unspecified atom stereocenters. The molecule has 0 aromatic carbocycles. The monoisotopic (exact) mass is 270 g/mol. The van der Waals surface area contributed by atoms with Gasteiger partial charge in [-0.3, -0.25) is 4.79 Å². The third kappa shape index (κ3) is 2.60. The van der Waals surface area contributed by atoms with Crippen LogP contribution in [0.4, 0.5) is 5.69 Å². The second-order valence-electron chi connectivity index (χ2n) is 3.41. The first-order valence-corrected chi connectivity index (χ1v) is 5.50. The summed E-state index contributed by atoms with van der Waals surface area (Å²) in [6, 6.07) is 3.20. The lowest BCUT2D eigenvalue weighted by Crippen LogP contribution is -2.12. The van der Waals surface area contributed by atoms with Gasteiger partial charge >= 0.3 is 0 Å². The number of aryl methyl sites for hydroxylation is 1. The van der Waals surface area contributed by atoms with Gasteiger partial charge in [0.2, 0.25) is 5.22 Å². The van der Waals surface area contributed by atoms with Crippen molar-refractivity contribution in [3.05, 3.63) is 46.1 Å². The van der Waals surface area contributed by atoms with Crippen LogP contribution in [0.15, 0.2) is 29.0 Å². The molecule has 2 rings (SSSR count). The first-order valence-electron chi connectivity index (χ1n) is 4.74. The van der Waals surface area contributed by atoms with Gasteiger partial charge in [0, 0.05) is 6.20 Å². The van der Waals surface area contributed by atoms with E-state index in [-0.39, 0.29) is 15.9 Å². The summed E-state index contributed by atoms with van der Waals surface area (Å²) in [4.78, 5) is 15.7. The third-order valence-corrected chi connectivity index (χ3v) is 2.68. The molecule has 0 bridgehead atoms. The zero-order valence-corrected chi connectivity index (χ0v) is 10.3. The minimum atomic E-state index is -0.391. The van der Waals surface area contributed by atoms with Crippen LogP contribution in [0.3, 0.4) is 0 Å². The topological polar surface area (TPSA) is 55.1 Å². The molecule has 0 saturated heterocycles. The van der Waals surface area contributed by atoms with Gasteiger partial charge in [0.05, 0.1) is 17.5 Å². The fraction of sp³-hybridized carbons (Fsp3) is 0.0909. The van der Waals surface area contributed by atoms with Gasteiger partial charge in [0.1, 0.15) is 0 Å². The molecule has 0 aliphatic heterocycles. The zero-order chi connectivity index (χ0) is 12.4. The Balaban J connectivity index is 2.24. The van der Waals surface area contributed by atoms with Crippen LogP contribution in [0.2, 0.25) is 10.4 Å². The fourth-order valence-electron chi connectivity index (χ4n) is 1.29. The highest BCUT2D eigenvalue weighted by Gasteiger charge is 2.14. The summed E-state index contributed by atoms with van der Waals surface area (Å²) in [6.07, 6.45) is 2.95. The number of halogens is 2. The molecule has 1 N–H and O–H groups in total. The molecule has 17 heavy (non-hydrogen) atoms. The quantitative estimate of drug-likeness (QED) is 0.850. The van der Waals surface area contributed by atoms with Crippen molar-refractivity contribution in [1.29, 1.82) is 0 Å². The average molecular weight is 271 g/mol. The lowest BCUT2D eigenvalue weighted by molar-refractivity contribution is 0.102. The molecule has 2 aromatic heterocycles. The van der Waals surface area contributed by atoms with Gasteiger partial charge in [-0.25, -0.2) is 4.98 Å². The van der Waals surface area contributed by atoms with Gasteiger partial charge in [0.25, 0.3) is 5.91 Å². The van der Waals surface area contributed by atoms with Gasteiger partial charge in [-0.1, -0.05) is 11.6 Å². The predicted octanol–water partition coefficient (Wildman–Crippen LogP) is 3.54. The van der Waals surface area contributed by atoms with E-state index in [1.807, 2.05) is 6.92 Å². The third-order valence-electron chi connectivity index (χ3n) is 2.09. The molecule has 0 radical (unpaired) electrons. The number of nitrogens with one attached hydrogen (secondary N) is 1. The maximum atomic E-state index is 11.8. The molecule has 88 valence electrons. The van der Waals surface area contributed by atoms with Crippen LogP contribution in [0.1, 0.15) is 15.9 Å². The zero-order valence-electron chi connectivity index (χ0n) is 8.83. The normalized spacial score (nSPS) is 10.3. The van der Waals surface area contributed by atoms with Crippen molar-refractivity contribution in [2.24, 2.45) is 0 Å². The standard InChI is InChI=1S/C11H8Cl2N2O2/c1-6-4-8(9(12)14-5-6)15-11(16)7-2-3-17-10(7)13/h2-5H,1H3,(H,15,16). The minimum absolute atomic E-state index is 0.0410. The van der Waals surface area contributed by atoms with Crippen molar-refractivity contribution in [3.63, 3.8) is 0 Å². The van der Waals surface area contributed by atoms with Crippen molar-refractivity contribution in [2.75, 3.05) is 5.32 Å². The number of carbonyl (C=O) groups is 1. The second-order valence-corrected chi connectivity index (χ2v) is 4.11. The maximum absolute atomic E-state index is 11.8. The molecule has 0 spiro atoms. The van der Waals surface area contributed by atoms with Crippen molar-refractivity contribution in [3.8, 4) is 0 Å². The number of hydrogen-bond acceptors (Lipinski definition) is 3. The van der Waals surface area contributed by atoms with E-state index in [1.54, 1.807) is 12.3 Å². The fourth-order valence-corrected chi connectivity index (χ4v) is 1.64.